The Balaban J connectivity index is 1.83. The molecule has 130 valence electrons. The van der Waals surface area contributed by atoms with Crippen LogP contribution < -0.4 is 15.8 Å². The second kappa shape index (κ2) is 7.54. The molecule has 0 saturated carbocycles. The van der Waals surface area contributed by atoms with Crippen LogP contribution in [0.3, 0.4) is 0 Å². The summed E-state index contributed by atoms with van der Waals surface area (Å²) in [6, 6.07) is 4.18. The van der Waals surface area contributed by atoms with Crippen LogP contribution in [0.25, 0.3) is 0 Å². The minimum atomic E-state index is -4.40. The van der Waals surface area contributed by atoms with E-state index in [4.69, 9.17) is 22.1 Å². The van der Waals surface area contributed by atoms with Crippen molar-refractivity contribution < 1.29 is 23.0 Å². The maximum Gasteiger partial charge on any atom is 0.416 e. The summed E-state index contributed by atoms with van der Waals surface area (Å²) >= 11 is 5.88. The van der Waals surface area contributed by atoms with E-state index in [-0.39, 0.29) is 35.6 Å². The average Bonchev–Trinajstić information content (AvgIpc) is 2.54. The number of aromatic nitrogens is 2. The van der Waals surface area contributed by atoms with Crippen molar-refractivity contribution in [3.63, 3.8) is 0 Å². The molecule has 0 aliphatic carbocycles. The molecule has 24 heavy (non-hydrogen) atoms. The monoisotopic (exact) mass is 362 g/mol. The van der Waals surface area contributed by atoms with E-state index in [9.17, 15) is 18.3 Å². The van der Waals surface area contributed by atoms with Crippen LogP contribution in [0.1, 0.15) is 5.56 Å². The van der Waals surface area contributed by atoms with Gasteiger partial charge in [-0.2, -0.15) is 13.2 Å². The van der Waals surface area contributed by atoms with Crippen LogP contribution >= 0.6 is 11.6 Å². The Hall–Kier alpha value is -2.26. The summed E-state index contributed by atoms with van der Waals surface area (Å²) in [5.41, 5.74) is 4.74. The number of rotatable bonds is 6. The third-order valence-electron chi connectivity index (χ3n) is 2.95. The topological polar surface area (TPSA) is 93.3 Å². The van der Waals surface area contributed by atoms with Crippen LogP contribution in [0.4, 0.5) is 24.8 Å². The molecule has 6 nitrogen and oxygen atoms in total. The number of aliphatic hydroxyl groups is 1. The molecule has 0 radical (unpaired) electrons. The Morgan fingerprint density at radius 1 is 1.25 bits per heavy atom. The third kappa shape index (κ3) is 4.87. The molecule has 1 heterocycles. The first kappa shape index (κ1) is 18.1. The molecular weight excluding hydrogens is 349 g/mol. The molecule has 0 spiro atoms. The maximum atomic E-state index is 12.4. The summed E-state index contributed by atoms with van der Waals surface area (Å²) < 4.78 is 42.5. The highest BCUT2D eigenvalue weighted by Gasteiger charge is 2.30. The van der Waals surface area contributed by atoms with Crippen LogP contribution in [0.2, 0.25) is 5.02 Å². The lowest BCUT2D eigenvalue weighted by atomic mass is 10.2. The van der Waals surface area contributed by atoms with Gasteiger partial charge >= 0.3 is 6.18 Å². The van der Waals surface area contributed by atoms with Crippen molar-refractivity contribution >= 4 is 23.2 Å². The molecule has 0 saturated heterocycles. The summed E-state index contributed by atoms with van der Waals surface area (Å²) in [6.45, 7) is -0.0760. The maximum absolute atomic E-state index is 12.4. The van der Waals surface area contributed by atoms with Crippen molar-refractivity contribution in [3.8, 4) is 5.75 Å². The average molecular weight is 363 g/mol. The number of hydrogen-bond donors (Lipinski definition) is 3. The molecule has 2 aromatic rings. The number of nitrogen functional groups attached to an aromatic ring is 1. The number of halogens is 4. The Morgan fingerprint density at radius 2 is 1.92 bits per heavy atom. The van der Waals surface area contributed by atoms with Crippen LogP contribution in [-0.4, -0.2) is 34.3 Å². The van der Waals surface area contributed by atoms with Crippen molar-refractivity contribution in [1.82, 2.24) is 9.97 Å². The highest BCUT2D eigenvalue weighted by Crippen LogP contribution is 2.30. The molecule has 0 aliphatic heterocycles. The van der Waals surface area contributed by atoms with E-state index in [1.807, 2.05) is 0 Å². The normalized spacial score (nSPS) is 12.7. The van der Waals surface area contributed by atoms with Gasteiger partial charge in [-0.25, -0.2) is 9.97 Å². The van der Waals surface area contributed by atoms with E-state index in [1.165, 1.54) is 18.5 Å². The molecule has 1 aromatic carbocycles. The van der Waals surface area contributed by atoms with Crippen molar-refractivity contribution in [2.24, 2.45) is 0 Å². The minimum Gasteiger partial charge on any atom is -0.491 e. The fourth-order valence-electron chi connectivity index (χ4n) is 1.71. The summed E-state index contributed by atoms with van der Waals surface area (Å²) in [4.78, 5) is 7.56. The first-order valence-electron chi connectivity index (χ1n) is 6.75. The molecule has 2 rings (SSSR count). The fraction of sp³-hybridized carbons (Fsp3) is 0.286. The molecule has 10 heteroatoms. The highest BCUT2D eigenvalue weighted by atomic mass is 35.5. The highest BCUT2D eigenvalue weighted by molar-refractivity contribution is 6.35. The summed E-state index contributed by atoms with van der Waals surface area (Å²) in [6.07, 6.45) is -4.13. The van der Waals surface area contributed by atoms with Gasteiger partial charge < -0.3 is 20.9 Å². The predicted octanol–water partition coefficient (Wildman–Crippen LogP) is 2.58. The summed E-state index contributed by atoms with van der Waals surface area (Å²) in [7, 11) is 0. The van der Waals surface area contributed by atoms with E-state index in [0.29, 0.717) is 0 Å². The van der Waals surface area contributed by atoms with Gasteiger partial charge in [-0.05, 0) is 24.3 Å². The number of nitrogens with zero attached hydrogens (tertiary/aromatic N) is 2. The standard InChI is InChI=1S/C14H14ClF3N4O2/c15-11-12(19)21-7-22-13(11)20-5-9(23)6-24-10-3-1-8(2-4-10)14(16,17)18/h1-4,7,9,23H,5-6H2,(H3,19,20,21,22). The number of anilines is 2. The van der Waals surface area contributed by atoms with E-state index in [0.717, 1.165) is 12.1 Å². The SMILES string of the molecule is Nc1ncnc(NCC(O)COc2ccc(C(F)(F)F)cc2)c1Cl. The minimum absolute atomic E-state index is 0.0524. The Morgan fingerprint density at radius 3 is 2.54 bits per heavy atom. The van der Waals surface area contributed by atoms with Crippen molar-refractivity contribution in [2.45, 2.75) is 12.3 Å². The molecule has 0 aliphatic rings. The van der Waals surface area contributed by atoms with Crippen molar-refractivity contribution in [2.75, 3.05) is 24.2 Å². The van der Waals surface area contributed by atoms with Gasteiger partial charge in [0.25, 0.3) is 0 Å². The third-order valence-corrected chi connectivity index (χ3v) is 3.32. The Labute approximate surface area is 140 Å². The van der Waals surface area contributed by atoms with E-state index in [1.54, 1.807) is 0 Å². The van der Waals surface area contributed by atoms with Gasteiger partial charge in [-0.1, -0.05) is 11.6 Å². The van der Waals surface area contributed by atoms with Gasteiger partial charge in [0.15, 0.2) is 5.82 Å². The Kier molecular flexibility index (Phi) is 5.68. The molecule has 0 amide bonds. The van der Waals surface area contributed by atoms with Gasteiger partial charge in [0.05, 0.1) is 5.56 Å². The van der Waals surface area contributed by atoms with E-state index in [2.05, 4.69) is 15.3 Å². The number of benzene rings is 1. The van der Waals surface area contributed by atoms with Gasteiger partial charge in [0, 0.05) is 6.54 Å². The van der Waals surface area contributed by atoms with E-state index < -0.39 is 17.8 Å². The van der Waals surface area contributed by atoms with Crippen LogP contribution in [0.15, 0.2) is 30.6 Å². The second-order valence-electron chi connectivity index (χ2n) is 4.79. The van der Waals surface area contributed by atoms with E-state index >= 15 is 0 Å². The predicted molar refractivity (Wildman–Crippen MR) is 82.9 cm³/mol. The van der Waals surface area contributed by atoms with Crippen LogP contribution in [0.5, 0.6) is 5.75 Å². The number of alkyl halides is 3. The van der Waals surface area contributed by atoms with Crippen LogP contribution in [-0.2, 0) is 6.18 Å². The molecule has 1 unspecified atom stereocenters. The van der Waals surface area contributed by atoms with Crippen LogP contribution in [0, 0.1) is 0 Å². The molecule has 1 aromatic heterocycles. The zero-order valence-electron chi connectivity index (χ0n) is 12.2. The molecule has 0 bridgehead atoms. The fourth-order valence-corrected chi connectivity index (χ4v) is 1.88. The molecule has 4 N–H and O–H groups in total. The number of nitrogens with two attached hydrogens (primary N) is 1. The molecule has 0 fully saturated rings. The Bertz CT molecular complexity index is 683. The second-order valence-corrected chi connectivity index (χ2v) is 5.17. The summed E-state index contributed by atoms with van der Waals surface area (Å²) in [5, 5.41) is 12.7. The van der Waals surface area contributed by atoms with Crippen molar-refractivity contribution in [3.05, 3.63) is 41.2 Å². The van der Waals surface area contributed by atoms with Gasteiger partial charge in [0.1, 0.15) is 35.6 Å². The molecular formula is C14H14ClF3N4O2. The van der Waals surface area contributed by atoms with Gasteiger partial charge in [-0.15, -0.1) is 0 Å². The number of nitrogens with one attached hydrogen (secondary N) is 1. The molecule has 1 atom stereocenters. The lowest BCUT2D eigenvalue weighted by molar-refractivity contribution is -0.137. The lowest BCUT2D eigenvalue weighted by Gasteiger charge is -2.15. The number of ether oxygens (including phenoxy) is 1. The quantitative estimate of drug-likeness (QED) is 0.731. The first-order chi connectivity index (χ1) is 11.3. The van der Waals surface area contributed by atoms with Crippen molar-refractivity contribution in [1.29, 1.82) is 0 Å². The number of aliphatic hydroxyl groups excluding tert-OH is 1. The lowest BCUT2D eigenvalue weighted by Crippen LogP contribution is -2.26. The first-order valence-corrected chi connectivity index (χ1v) is 7.13. The zero-order valence-corrected chi connectivity index (χ0v) is 13.0. The number of hydrogen-bond acceptors (Lipinski definition) is 6. The van der Waals surface area contributed by atoms with Gasteiger partial charge in [0.2, 0.25) is 0 Å². The zero-order chi connectivity index (χ0) is 17.7. The smallest absolute Gasteiger partial charge is 0.416 e. The summed E-state index contributed by atoms with van der Waals surface area (Å²) in [5.74, 6) is 0.578. The largest absolute Gasteiger partial charge is 0.491 e. The van der Waals surface area contributed by atoms with Gasteiger partial charge in [-0.3, -0.25) is 0 Å².